The van der Waals surface area contributed by atoms with Gasteiger partial charge >= 0.3 is 5.97 Å². The molecule has 6 heteroatoms. The number of likely N-dealkylation sites (tertiary alicyclic amines) is 1. The lowest BCUT2D eigenvalue weighted by molar-refractivity contribution is -0.149. The number of nitrogens with zero attached hydrogens (tertiary/aromatic N) is 2. The van der Waals surface area contributed by atoms with E-state index < -0.39 is 17.3 Å². The molecular weight excluding hydrogens is 318 g/mol. The summed E-state index contributed by atoms with van der Waals surface area (Å²) in [5, 5.41) is 12.3. The summed E-state index contributed by atoms with van der Waals surface area (Å²) < 4.78 is 0. The Hall–Kier alpha value is -2.73. The molecule has 1 aromatic carbocycles. The topological polar surface area (TPSA) is 82.5 Å². The number of amides is 1. The van der Waals surface area contributed by atoms with Crippen LogP contribution in [0.4, 0.5) is 0 Å². The summed E-state index contributed by atoms with van der Waals surface area (Å²) in [5.41, 5.74) is 2.08. The number of aromatic nitrogens is 1. The first-order chi connectivity index (χ1) is 12.1. The summed E-state index contributed by atoms with van der Waals surface area (Å²) in [7, 11) is 0. The predicted octanol–water partition coefficient (Wildman–Crippen LogP) is 1.38. The molecule has 2 N–H and O–H groups in total. The summed E-state index contributed by atoms with van der Waals surface area (Å²) in [6.07, 6.45) is 1.77. The molecule has 2 aromatic rings. The third-order valence-electron chi connectivity index (χ3n) is 5.25. The van der Waals surface area contributed by atoms with Crippen LogP contribution < -0.4 is 5.32 Å². The van der Waals surface area contributed by atoms with Crippen LogP contribution >= 0.6 is 0 Å². The lowest BCUT2D eigenvalue weighted by Crippen LogP contribution is -2.40. The highest BCUT2D eigenvalue weighted by Gasteiger charge is 2.59. The number of rotatable bonds is 4. The highest BCUT2D eigenvalue weighted by molar-refractivity contribution is 5.92. The van der Waals surface area contributed by atoms with E-state index in [1.807, 2.05) is 42.5 Å². The summed E-state index contributed by atoms with van der Waals surface area (Å²) >= 11 is 0. The molecule has 0 aliphatic carbocycles. The Balaban J connectivity index is 1.48. The first-order valence-electron chi connectivity index (χ1n) is 8.32. The summed E-state index contributed by atoms with van der Waals surface area (Å²) in [6.45, 7) is 1.75. The second-order valence-electron chi connectivity index (χ2n) is 6.81. The number of aliphatic carboxylic acids is 1. The quantitative estimate of drug-likeness (QED) is 0.881. The van der Waals surface area contributed by atoms with Crippen molar-refractivity contribution >= 4 is 11.9 Å². The van der Waals surface area contributed by atoms with Crippen LogP contribution in [0.5, 0.6) is 0 Å². The van der Waals surface area contributed by atoms with E-state index in [9.17, 15) is 14.7 Å². The van der Waals surface area contributed by atoms with E-state index in [1.165, 1.54) is 0 Å². The van der Waals surface area contributed by atoms with Crippen LogP contribution in [0.1, 0.15) is 5.56 Å². The van der Waals surface area contributed by atoms with Gasteiger partial charge in [-0.25, -0.2) is 0 Å². The smallest absolute Gasteiger partial charge is 0.313 e. The van der Waals surface area contributed by atoms with E-state index in [4.69, 9.17) is 0 Å². The van der Waals surface area contributed by atoms with Gasteiger partial charge in [0.25, 0.3) is 0 Å². The maximum atomic E-state index is 12.0. The van der Waals surface area contributed by atoms with Gasteiger partial charge < -0.3 is 10.4 Å². The predicted molar refractivity (Wildman–Crippen MR) is 91.5 cm³/mol. The number of hydrogen-bond acceptors (Lipinski definition) is 4. The van der Waals surface area contributed by atoms with Crippen molar-refractivity contribution in [3.63, 3.8) is 0 Å². The average Bonchev–Trinajstić information content (AvgIpc) is 3.15. The van der Waals surface area contributed by atoms with Gasteiger partial charge in [-0.3, -0.25) is 19.5 Å². The maximum Gasteiger partial charge on any atom is 0.313 e. The number of carboxylic acid groups (broad SMARTS) is 1. The molecule has 2 fully saturated rings. The van der Waals surface area contributed by atoms with E-state index >= 15 is 0 Å². The number of carboxylic acids is 1. The average molecular weight is 337 g/mol. The summed E-state index contributed by atoms with van der Waals surface area (Å²) in [6, 6.07) is 13.9. The fourth-order valence-corrected chi connectivity index (χ4v) is 3.87. The zero-order valence-corrected chi connectivity index (χ0v) is 13.7. The third-order valence-corrected chi connectivity index (χ3v) is 5.25. The molecule has 2 aliphatic rings. The first-order valence-corrected chi connectivity index (χ1v) is 8.32. The molecule has 6 nitrogen and oxygen atoms in total. The van der Waals surface area contributed by atoms with Gasteiger partial charge in [0.15, 0.2) is 0 Å². The number of carbonyl (C=O) groups excluding carboxylic acids is 1. The van der Waals surface area contributed by atoms with Gasteiger partial charge in [0.2, 0.25) is 5.91 Å². The van der Waals surface area contributed by atoms with Crippen molar-refractivity contribution < 1.29 is 14.7 Å². The van der Waals surface area contributed by atoms with Crippen LogP contribution in [0.2, 0.25) is 0 Å². The standard InChI is InChI=1S/C19H19N3O3/c23-17-15-10-22(12-19(15,11-21-17)18(24)25)9-13-4-6-14(7-5-13)16-3-1-2-8-20-16/h1-8,15H,9-12H2,(H,21,23)(H,24,25)/t15-,19+/m0/s1. The van der Waals surface area contributed by atoms with Crippen molar-refractivity contribution in [2.45, 2.75) is 6.54 Å². The van der Waals surface area contributed by atoms with Gasteiger partial charge in [-0.1, -0.05) is 30.3 Å². The summed E-state index contributed by atoms with van der Waals surface area (Å²) in [5.74, 6) is -1.49. The van der Waals surface area contributed by atoms with Crippen molar-refractivity contribution in [3.8, 4) is 11.3 Å². The molecular formula is C19H19N3O3. The Bertz CT molecular complexity index is 806. The van der Waals surface area contributed by atoms with Crippen molar-refractivity contribution in [1.82, 2.24) is 15.2 Å². The lowest BCUT2D eigenvalue weighted by atomic mass is 9.81. The second-order valence-corrected chi connectivity index (χ2v) is 6.81. The third kappa shape index (κ3) is 2.68. The number of fused-ring (bicyclic) bond motifs is 1. The van der Waals surface area contributed by atoms with Crippen LogP contribution in [0, 0.1) is 11.3 Å². The molecule has 0 unspecified atom stereocenters. The lowest BCUT2D eigenvalue weighted by Gasteiger charge is -2.22. The van der Waals surface area contributed by atoms with Crippen LogP contribution in [-0.2, 0) is 16.1 Å². The molecule has 128 valence electrons. The molecule has 2 saturated heterocycles. The van der Waals surface area contributed by atoms with Crippen LogP contribution in [0.3, 0.4) is 0 Å². The van der Waals surface area contributed by atoms with Gasteiger partial charge in [-0.15, -0.1) is 0 Å². The molecule has 2 aliphatic heterocycles. The molecule has 1 amide bonds. The van der Waals surface area contributed by atoms with Gasteiger partial charge in [0, 0.05) is 37.9 Å². The van der Waals surface area contributed by atoms with Crippen molar-refractivity contribution in [2.24, 2.45) is 11.3 Å². The van der Waals surface area contributed by atoms with Gasteiger partial charge in [0.1, 0.15) is 5.41 Å². The highest BCUT2D eigenvalue weighted by atomic mass is 16.4. The number of benzene rings is 1. The van der Waals surface area contributed by atoms with E-state index in [1.54, 1.807) is 6.20 Å². The van der Waals surface area contributed by atoms with Crippen molar-refractivity contribution in [2.75, 3.05) is 19.6 Å². The van der Waals surface area contributed by atoms with Gasteiger partial charge in [-0.2, -0.15) is 0 Å². The maximum absolute atomic E-state index is 12.0. The van der Waals surface area contributed by atoms with Crippen molar-refractivity contribution in [1.29, 1.82) is 0 Å². The van der Waals surface area contributed by atoms with E-state index in [0.29, 0.717) is 19.6 Å². The Morgan fingerprint density at radius 3 is 2.72 bits per heavy atom. The molecule has 4 rings (SSSR count). The largest absolute Gasteiger partial charge is 0.481 e. The molecule has 25 heavy (non-hydrogen) atoms. The monoisotopic (exact) mass is 337 g/mol. The summed E-state index contributed by atoms with van der Waals surface area (Å²) in [4.78, 5) is 30.1. The first kappa shape index (κ1) is 15.8. The molecule has 0 spiro atoms. The molecule has 2 atom stereocenters. The number of carbonyl (C=O) groups is 2. The minimum atomic E-state index is -0.981. The van der Waals surface area contributed by atoms with Crippen LogP contribution in [0.25, 0.3) is 11.3 Å². The Labute approximate surface area is 145 Å². The van der Waals surface area contributed by atoms with Gasteiger partial charge in [-0.05, 0) is 17.7 Å². The Morgan fingerprint density at radius 1 is 1.28 bits per heavy atom. The fourth-order valence-electron chi connectivity index (χ4n) is 3.87. The molecule has 1 aromatic heterocycles. The Morgan fingerprint density at radius 2 is 2.08 bits per heavy atom. The number of nitrogens with one attached hydrogen (secondary N) is 1. The van der Waals surface area contributed by atoms with E-state index in [0.717, 1.165) is 16.8 Å². The molecule has 3 heterocycles. The molecule has 0 bridgehead atoms. The number of pyridine rings is 1. The Kier molecular flexibility index (Phi) is 3.77. The zero-order chi connectivity index (χ0) is 17.4. The normalized spacial score (nSPS) is 25.6. The molecule has 0 saturated carbocycles. The van der Waals surface area contributed by atoms with E-state index in [2.05, 4.69) is 15.2 Å². The van der Waals surface area contributed by atoms with Gasteiger partial charge in [0.05, 0.1) is 11.6 Å². The zero-order valence-electron chi connectivity index (χ0n) is 13.7. The second kappa shape index (κ2) is 5.97. The fraction of sp³-hybridized carbons (Fsp3) is 0.316. The van der Waals surface area contributed by atoms with E-state index in [-0.39, 0.29) is 12.5 Å². The minimum Gasteiger partial charge on any atom is -0.481 e. The highest BCUT2D eigenvalue weighted by Crippen LogP contribution is 2.40. The van der Waals surface area contributed by atoms with Crippen LogP contribution in [0.15, 0.2) is 48.7 Å². The SMILES string of the molecule is O=C1NC[C@@]2(C(=O)O)CN(Cc3ccc(-c4ccccn4)cc3)C[C@@H]12. The van der Waals surface area contributed by atoms with Crippen molar-refractivity contribution in [3.05, 3.63) is 54.2 Å². The van der Waals surface area contributed by atoms with Crippen LogP contribution in [-0.4, -0.2) is 46.5 Å². The molecule has 0 radical (unpaired) electrons. The number of hydrogen-bond donors (Lipinski definition) is 2. The minimum absolute atomic E-state index is 0.143.